The standard InChI is InChI=1S/C15H21N3/c1-4-18-11-13(10-17-18)9-16-15-8-6-5-7-14(15)12(2)3/h5-8,10-12,16H,4,9H2,1-3H3. The molecule has 0 saturated carbocycles. The van der Waals surface area contributed by atoms with Crippen molar-refractivity contribution in [3.05, 3.63) is 47.8 Å². The maximum Gasteiger partial charge on any atom is 0.0539 e. The average Bonchev–Trinajstić information content (AvgIpc) is 2.84. The van der Waals surface area contributed by atoms with Gasteiger partial charge in [-0.15, -0.1) is 0 Å². The molecule has 0 radical (unpaired) electrons. The van der Waals surface area contributed by atoms with E-state index in [0.29, 0.717) is 5.92 Å². The van der Waals surface area contributed by atoms with Crippen molar-refractivity contribution in [1.82, 2.24) is 9.78 Å². The minimum Gasteiger partial charge on any atom is -0.381 e. The number of hydrogen-bond donors (Lipinski definition) is 1. The third-order valence-corrected chi connectivity index (χ3v) is 3.08. The van der Waals surface area contributed by atoms with Gasteiger partial charge >= 0.3 is 0 Å². The Bertz CT molecular complexity index is 500. The van der Waals surface area contributed by atoms with Crippen LogP contribution >= 0.6 is 0 Å². The highest BCUT2D eigenvalue weighted by Crippen LogP contribution is 2.24. The Hall–Kier alpha value is -1.77. The Kier molecular flexibility index (Phi) is 4.03. The van der Waals surface area contributed by atoms with E-state index in [2.05, 4.69) is 61.6 Å². The van der Waals surface area contributed by atoms with Gasteiger partial charge in [-0.3, -0.25) is 4.68 Å². The van der Waals surface area contributed by atoms with Crippen LogP contribution < -0.4 is 5.32 Å². The van der Waals surface area contributed by atoms with E-state index in [4.69, 9.17) is 0 Å². The van der Waals surface area contributed by atoms with E-state index >= 15 is 0 Å². The van der Waals surface area contributed by atoms with Crippen LogP contribution in [0.5, 0.6) is 0 Å². The highest BCUT2D eigenvalue weighted by molar-refractivity contribution is 5.52. The van der Waals surface area contributed by atoms with Crippen LogP contribution in [0.4, 0.5) is 5.69 Å². The molecule has 18 heavy (non-hydrogen) atoms. The van der Waals surface area contributed by atoms with Gasteiger partial charge in [-0.1, -0.05) is 32.0 Å². The fraction of sp³-hybridized carbons (Fsp3) is 0.400. The Morgan fingerprint density at radius 1 is 1.28 bits per heavy atom. The van der Waals surface area contributed by atoms with Gasteiger partial charge < -0.3 is 5.32 Å². The highest BCUT2D eigenvalue weighted by Gasteiger charge is 2.05. The molecule has 3 heteroatoms. The zero-order valence-corrected chi connectivity index (χ0v) is 11.4. The third-order valence-electron chi connectivity index (χ3n) is 3.08. The second kappa shape index (κ2) is 5.71. The van der Waals surface area contributed by atoms with Crippen molar-refractivity contribution in [3.63, 3.8) is 0 Å². The normalized spacial score (nSPS) is 10.9. The largest absolute Gasteiger partial charge is 0.381 e. The van der Waals surface area contributed by atoms with Crippen molar-refractivity contribution in [3.8, 4) is 0 Å². The van der Waals surface area contributed by atoms with Gasteiger partial charge in [0, 0.05) is 30.5 Å². The summed E-state index contributed by atoms with van der Waals surface area (Å²) in [5.41, 5.74) is 3.80. The molecular formula is C15H21N3. The lowest BCUT2D eigenvalue weighted by atomic mass is 10.0. The highest BCUT2D eigenvalue weighted by atomic mass is 15.3. The van der Waals surface area contributed by atoms with Gasteiger partial charge in [-0.2, -0.15) is 5.10 Å². The van der Waals surface area contributed by atoms with Crippen LogP contribution in [0, 0.1) is 0 Å². The zero-order valence-electron chi connectivity index (χ0n) is 11.4. The third kappa shape index (κ3) is 2.92. The number of hydrogen-bond acceptors (Lipinski definition) is 2. The molecule has 3 nitrogen and oxygen atoms in total. The Morgan fingerprint density at radius 3 is 2.72 bits per heavy atom. The molecule has 96 valence electrons. The Labute approximate surface area is 109 Å². The second-order valence-corrected chi connectivity index (χ2v) is 4.80. The number of para-hydroxylation sites is 1. The molecule has 1 aromatic heterocycles. The van der Waals surface area contributed by atoms with Crippen molar-refractivity contribution < 1.29 is 0 Å². The molecular weight excluding hydrogens is 222 g/mol. The number of benzene rings is 1. The van der Waals surface area contributed by atoms with Gasteiger partial charge in [-0.25, -0.2) is 0 Å². The molecule has 0 fully saturated rings. The average molecular weight is 243 g/mol. The van der Waals surface area contributed by atoms with Crippen LogP contribution in [-0.4, -0.2) is 9.78 Å². The lowest BCUT2D eigenvalue weighted by Crippen LogP contribution is -2.02. The van der Waals surface area contributed by atoms with Gasteiger partial charge in [0.25, 0.3) is 0 Å². The minimum atomic E-state index is 0.534. The molecule has 0 aliphatic heterocycles. The van der Waals surface area contributed by atoms with E-state index in [1.54, 1.807) is 0 Å². The summed E-state index contributed by atoms with van der Waals surface area (Å²) in [4.78, 5) is 0. The summed E-state index contributed by atoms with van der Waals surface area (Å²) in [5, 5.41) is 7.78. The maximum absolute atomic E-state index is 4.28. The maximum atomic E-state index is 4.28. The smallest absolute Gasteiger partial charge is 0.0539 e. The molecule has 0 bridgehead atoms. The number of nitrogens with zero attached hydrogens (tertiary/aromatic N) is 2. The van der Waals surface area contributed by atoms with Crippen LogP contribution in [0.2, 0.25) is 0 Å². The van der Waals surface area contributed by atoms with Gasteiger partial charge in [0.2, 0.25) is 0 Å². The molecule has 1 N–H and O–H groups in total. The van der Waals surface area contributed by atoms with Crippen molar-refractivity contribution in [1.29, 1.82) is 0 Å². The molecule has 0 aliphatic rings. The van der Waals surface area contributed by atoms with Crippen LogP contribution in [-0.2, 0) is 13.1 Å². The number of nitrogens with one attached hydrogen (secondary N) is 1. The SMILES string of the molecule is CCn1cc(CNc2ccccc2C(C)C)cn1. The predicted octanol–water partition coefficient (Wildman–Crippen LogP) is 3.64. The fourth-order valence-electron chi connectivity index (χ4n) is 2.03. The summed E-state index contributed by atoms with van der Waals surface area (Å²) in [6.45, 7) is 8.27. The van der Waals surface area contributed by atoms with E-state index in [9.17, 15) is 0 Å². The molecule has 2 rings (SSSR count). The Balaban J connectivity index is 2.05. The minimum absolute atomic E-state index is 0.534. The summed E-state index contributed by atoms with van der Waals surface area (Å²) in [6, 6.07) is 8.49. The lowest BCUT2D eigenvalue weighted by Gasteiger charge is -2.13. The molecule has 0 spiro atoms. The second-order valence-electron chi connectivity index (χ2n) is 4.80. The molecule has 0 aliphatic carbocycles. The number of rotatable bonds is 5. The zero-order chi connectivity index (χ0) is 13.0. The molecule has 0 amide bonds. The van der Waals surface area contributed by atoms with E-state index in [1.165, 1.54) is 16.8 Å². The van der Waals surface area contributed by atoms with Crippen LogP contribution in [0.15, 0.2) is 36.7 Å². The van der Waals surface area contributed by atoms with Crippen molar-refractivity contribution in [2.24, 2.45) is 0 Å². The molecule has 1 heterocycles. The molecule has 0 unspecified atom stereocenters. The van der Waals surface area contributed by atoms with Gasteiger partial charge in [0.05, 0.1) is 6.20 Å². The van der Waals surface area contributed by atoms with Crippen molar-refractivity contribution in [2.45, 2.75) is 39.8 Å². The molecule has 0 atom stereocenters. The first kappa shape index (κ1) is 12.7. The van der Waals surface area contributed by atoms with Crippen molar-refractivity contribution in [2.75, 3.05) is 5.32 Å². The number of anilines is 1. The van der Waals surface area contributed by atoms with E-state index in [0.717, 1.165) is 13.1 Å². The summed E-state index contributed by atoms with van der Waals surface area (Å²) < 4.78 is 1.95. The summed E-state index contributed by atoms with van der Waals surface area (Å²) in [5.74, 6) is 0.534. The van der Waals surface area contributed by atoms with Gasteiger partial charge in [-0.05, 0) is 24.5 Å². The molecule has 0 saturated heterocycles. The van der Waals surface area contributed by atoms with E-state index in [1.807, 2.05) is 10.9 Å². The molecule has 1 aromatic carbocycles. The van der Waals surface area contributed by atoms with Crippen LogP contribution in [0.1, 0.15) is 37.8 Å². The first-order chi connectivity index (χ1) is 8.70. The Morgan fingerprint density at radius 2 is 2.06 bits per heavy atom. The van der Waals surface area contributed by atoms with E-state index in [-0.39, 0.29) is 0 Å². The first-order valence-corrected chi connectivity index (χ1v) is 6.54. The fourth-order valence-corrected chi connectivity index (χ4v) is 2.03. The summed E-state index contributed by atoms with van der Waals surface area (Å²) in [7, 11) is 0. The number of aryl methyl sites for hydroxylation is 1. The molecule has 2 aromatic rings. The topological polar surface area (TPSA) is 29.9 Å². The lowest BCUT2D eigenvalue weighted by molar-refractivity contribution is 0.659. The first-order valence-electron chi connectivity index (χ1n) is 6.54. The number of aromatic nitrogens is 2. The summed E-state index contributed by atoms with van der Waals surface area (Å²) >= 11 is 0. The van der Waals surface area contributed by atoms with Crippen molar-refractivity contribution >= 4 is 5.69 Å². The van der Waals surface area contributed by atoms with Gasteiger partial charge in [0.1, 0.15) is 0 Å². The summed E-state index contributed by atoms with van der Waals surface area (Å²) in [6.07, 6.45) is 4.01. The van der Waals surface area contributed by atoms with Crippen LogP contribution in [0.3, 0.4) is 0 Å². The van der Waals surface area contributed by atoms with Crippen LogP contribution in [0.25, 0.3) is 0 Å². The van der Waals surface area contributed by atoms with Gasteiger partial charge in [0.15, 0.2) is 0 Å². The predicted molar refractivity (Wildman–Crippen MR) is 75.8 cm³/mol. The quantitative estimate of drug-likeness (QED) is 0.869. The van der Waals surface area contributed by atoms with E-state index < -0.39 is 0 Å². The monoisotopic (exact) mass is 243 g/mol.